The van der Waals surface area contributed by atoms with Crippen molar-refractivity contribution in [2.45, 2.75) is 30.5 Å². The molecule has 2 aromatic carbocycles. The lowest BCUT2D eigenvalue weighted by molar-refractivity contribution is 0.182. The number of hydrogen-bond donors (Lipinski definition) is 1. The number of aromatic nitrogens is 2. The van der Waals surface area contributed by atoms with Crippen LogP contribution in [0.25, 0.3) is 0 Å². The maximum Gasteiger partial charge on any atom is 0.228 e. The highest BCUT2D eigenvalue weighted by Crippen LogP contribution is 2.21. The SMILES string of the molecule is COCCn1c(CN(Cc2ccco2)C(=S)Nc2ccc(OC)cc2)cnc1S(=O)(=O)Cc1ccccc1. The predicted molar refractivity (Wildman–Crippen MR) is 149 cm³/mol. The molecule has 0 aliphatic carbocycles. The van der Waals surface area contributed by atoms with Crippen molar-refractivity contribution < 1.29 is 22.3 Å². The van der Waals surface area contributed by atoms with Gasteiger partial charge in [0.15, 0.2) is 5.11 Å². The summed E-state index contributed by atoms with van der Waals surface area (Å²) in [5.41, 5.74) is 2.16. The summed E-state index contributed by atoms with van der Waals surface area (Å²) in [7, 11) is -0.530. The molecule has 1 N–H and O–H groups in total. The van der Waals surface area contributed by atoms with Crippen LogP contribution < -0.4 is 10.1 Å². The van der Waals surface area contributed by atoms with Crippen LogP contribution in [0.15, 0.2) is 88.8 Å². The predicted octanol–water partition coefficient (Wildman–Crippen LogP) is 4.50. The maximum atomic E-state index is 13.4. The lowest BCUT2D eigenvalue weighted by Crippen LogP contribution is -2.34. The quantitative estimate of drug-likeness (QED) is 0.254. The van der Waals surface area contributed by atoms with Gasteiger partial charge in [-0.2, -0.15) is 0 Å². The number of sulfone groups is 1. The van der Waals surface area contributed by atoms with Crippen molar-refractivity contribution in [2.75, 3.05) is 26.1 Å². The van der Waals surface area contributed by atoms with Crippen LogP contribution in [0.1, 0.15) is 17.0 Å². The monoisotopic (exact) mass is 554 g/mol. The van der Waals surface area contributed by atoms with E-state index >= 15 is 0 Å². The molecule has 0 amide bonds. The molecule has 0 radical (unpaired) electrons. The summed E-state index contributed by atoms with van der Waals surface area (Å²) in [5.74, 6) is 1.30. The first-order chi connectivity index (χ1) is 18.4. The van der Waals surface area contributed by atoms with Gasteiger partial charge in [-0.05, 0) is 54.2 Å². The molecule has 0 saturated carbocycles. The average Bonchev–Trinajstić information content (AvgIpc) is 3.58. The van der Waals surface area contributed by atoms with E-state index in [-0.39, 0.29) is 10.9 Å². The van der Waals surface area contributed by atoms with Gasteiger partial charge in [0.25, 0.3) is 0 Å². The summed E-state index contributed by atoms with van der Waals surface area (Å²) < 4.78 is 44.5. The summed E-state index contributed by atoms with van der Waals surface area (Å²) in [6, 6.07) is 20.1. The molecule has 11 heteroatoms. The van der Waals surface area contributed by atoms with Gasteiger partial charge in [0.05, 0.1) is 50.7 Å². The van der Waals surface area contributed by atoms with Crippen molar-refractivity contribution in [1.82, 2.24) is 14.5 Å². The second-order valence-electron chi connectivity index (χ2n) is 8.52. The number of nitrogens with zero attached hydrogens (tertiary/aromatic N) is 3. The Kier molecular flexibility index (Phi) is 9.16. The van der Waals surface area contributed by atoms with Gasteiger partial charge >= 0.3 is 0 Å². The molecule has 2 aromatic heterocycles. The first-order valence-corrected chi connectivity index (χ1v) is 14.0. The van der Waals surface area contributed by atoms with Gasteiger partial charge in [0.2, 0.25) is 15.0 Å². The van der Waals surface area contributed by atoms with E-state index in [4.69, 9.17) is 26.1 Å². The van der Waals surface area contributed by atoms with Crippen molar-refractivity contribution in [2.24, 2.45) is 0 Å². The third-order valence-corrected chi connectivity index (χ3v) is 7.76. The first kappa shape index (κ1) is 27.4. The van der Waals surface area contributed by atoms with Crippen LogP contribution in [0.2, 0.25) is 0 Å². The third-order valence-electron chi connectivity index (χ3n) is 5.81. The number of ether oxygens (including phenoxy) is 2. The third kappa shape index (κ3) is 7.00. The minimum absolute atomic E-state index is 0.000355. The van der Waals surface area contributed by atoms with Crippen LogP contribution in [-0.2, 0) is 40.0 Å². The fourth-order valence-electron chi connectivity index (χ4n) is 3.91. The molecular weight excluding hydrogens is 524 g/mol. The van der Waals surface area contributed by atoms with Crippen molar-refractivity contribution in [3.8, 4) is 5.75 Å². The molecule has 0 aliphatic heterocycles. The number of hydrogen-bond acceptors (Lipinski definition) is 7. The Morgan fingerprint density at radius 3 is 2.47 bits per heavy atom. The van der Waals surface area contributed by atoms with Crippen LogP contribution >= 0.6 is 12.2 Å². The van der Waals surface area contributed by atoms with E-state index in [2.05, 4.69) is 10.3 Å². The number of thiocarbonyl (C=S) groups is 1. The fraction of sp³-hybridized carbons (Fsp3) is 0.259. The lowest BCUT2D eigenvalue weighted by atomic mass is 10.2. The molecule has 0 fully saturated rings. The molecular formula is C27H30N4O5S2. The maximum absolute atomic E-state index is 13.4. The van der Waals surface area contributed by atoms with Crippen LogP contribution in [-0.4, -0.2) is 48.8 Å². The molecule has 0 spiro atoms. The van der Waals surface area contributed by atoms with Gasteiger partial charge in [-0.15, -0.1) is 0 Å². The molecule has 4 aromatic rings. The van der Waals surface area contributed by atoms with E-state index in [1.165, 1.54) is 0 Å². The molecule has 0 bridgehead atoms. The summed E-state index contributed by atoms with van der Waals surface area (Å²) in [6.07, 6.45) is 3.18. The Morgan fingerprint density at radius 1 is 1.05 bits per heavy atom. The van der Waals surface area contributed by atoms with Crippen LogP contribution in [0.4, 0.5) is 5.69 Å². The zero-order valence-corrected chi connectivity index (χ0v) is 22.9. The average molecular weight is 555 g/mol. The number of benzene rings is 2. The Hall–Kier alpha value is -3.67. The van der Waals surface area contributed by atoms with Crippen LogP contribution in [0.3, 0.4) is 0 Å². The second-order valence-corrected chi connectivity index (χ2v) is 10.8. The Labute approximate surface area is 227 Å². The Bertz CT molecular complexity index is 1420. The molecule has 2 heterocycles. The van der Waals surface area contributed by atoms with E-state index < -0.39 is 9.84 Å². The fourth-order valence-corrected chi connectivity index (χ4v) is 5.67. The molecule has 200 valence electrons. The van der Waals surface area contributed by atoms with Crippen LogP contribution in [0.5, 0.6) is 5.75 Å². The number of nitrogens with one attached hydrogen (secondary N) is 1. The zero-order chi connectivity index (χ0) is 27.0. The van der Waals surface area contributed by atoms with Crippen LogP contribution in [0, 0.1) is 0 Å². The minimum Gasteiger partial charge on any atom is -0.497 e. The van der Waals surface area contributed by atoms with E-state index in [9.17, 15) is 8.42 Å². The van der Waals surface area contributed by atoms with E-state index in [0.29, 0.717) is 48.4 Å². The van der Waals surface area contributed by atoms with Gasteiger partial charge < -0.3 is 28.7 Å². The smallest absolute Gasteiger partial charge is 0.228 e. The topological polar surface area (TPSA) is 98.8 Å². The first-order valence-electron chi connectivity index (χ1n) is 11.9. The van der Waals surface area contributed by atoms with E-state index in [1.54, 1.807) is 43.4 Å². The van der Waals surface area contributed by atoms with E-state index in [1.807, 2.05) is 59.5 Å². The highest BCUT2D eigenvalue weighted by molar-refractivity contribution is 7.90. The standard InChI is InChI=1S/C27H30N4O5S2/c1-34-16-14-31-23(17-28-27(31)38(32,33)20-21-7-4-3-5-8-21)18-30(19-25-9-6-15-36-25)26(37)29-22-10-12-24(35-2)13-11-22/h3-13,15,17H,14,16,18-20H2,1-2H3,(H,29,37). The number of imidazole rings is 1. The minimum atomic E-state index is -3.72. The summed E-state index contributed by atoms with van der Waals surface area (Å²) in [4.78, 5) is 6.24. The largest absolute Gasteiger partial charge is 0.497 e. The normalized spacial score (nSPS) is 11.3. The van der Waals surface area contributed by atoms with Gasteiger partial charge in [0, 0.05) is 19.3 Å². The van der Waals surface area contributed by atoms with Gasteiger partial charge in [-0.25, -0.2) is 13.4 Å². The second kappa shape index (κ2) is 12.7. The van der Waals surface area contributed by atoms with Gasteiger partial charge in [0.1, 0.15) is 11.5 Å². The zero-order valence-electron chi connectivity index (χ0n) is 21.2. The summed E-state index contributed by atoms with van der Waals surface area (Å²) in [5, 5.41) is 3.69. The highest BCUT2D eigenvalue weighted by atomic mass is 32.2. The van der Waals surface area contributed by atoms with Gasteiger partial charge in [-0.1, -0.05) is 30.3 Å². The van der Waals surface area contributed by atoms with E-state index in [0.717, 1.165) is 11.4 Å². The van der Waals surface area contributed by atoms with Crippen molar-refractivity contribution in [1.29, 1.82) is 0 Å². The number of methoxy groups -OCH3 is 2. The Balaban J connectivity index is 1.61. The molecule has 0 unspecified atom stereocenters. The lowest BCUT2D eigenvalue weighted by Gasteiger charge is -2.26. The van der Waals surface area contributed by atoms with Crippen molar-refractivity contribution >= 4 is 32.9 Å². The Morgan fingerprint density at radius 2 is 1.82 bits per heavy atom. The number of anilines is 1. The molecule has 0 saturated heterocycles. The number of furan rings is 1. The highest BCUT2D eigenvalue weighted by Gasteiger charge is 2.25. The molecule has 0 atom stereocenters. The summed E-state index contributed by atoms with van der Waals surface area (Å²) in [6.45, 7) is 1.31. The molecule has 38 heavy (non-hydrogen) atoms. The summed E-state index contributed by atoms with van der Waals surface area (Å²) >= 11 is 5.76. The van der Waals surface area contributed by atoms with Gasteiger partial charge in [-0.3, -0.25) is 0 Å². The van der Waals surface area contributed by atoms with Crippen molar-refractivity contribution in [3.63, 3.8) is 0 Å². The number of rotatable bonds is 12. The van der Waals surface area contributed by atoms with Crippen molar-refractivity contribution in [3.05, 3.63) is 96.2 Å². The molecule has 0 aliphatic rings. The molecule has 4 rings (SSSR count). The molecule has 9 nitrogen and oxygen atoms in total.